The molecular weight excluding hydrogens is 266 g/mol. The Kier molecular flexibility index (Phi) is 5.75. The summed E-state index contributed by atoms with van der Waals surface area (Å²) in [5, 5.41) is 8.89. The maximum absolute atomic E-state index is 8.89. The molecule has 21 heavy (non-hydrogen) atoms. The number of rotatable bonds is 6. The van der Waals surface area contributed by atoms with Crippen molar-refractivity contribution in [3.05, 3.63) is 35.9 Å². The number of nitrogens with zero attached hydrogens (tertiary/aromatic N) is 1. The van der Waals surface area contributed by atoms with Gasteiger partial charge in [-0.25, -0.2) is 0 Å². The zero-order chi connectivity index (χ0) is 15.1. The molecule has 1 aromatic carbocycles. The van der Waals surface area contributed by atoms with Gasteiger partial charge in [0, 0.05) is 18.9 Å². The summed E-state index contributed by atoms with van der Waals surface area (Å²) in [7, 11) is 0. The second-order valence-electron chi connectivity index (χ2n) is 5.82. The molecule has 1 aromatic rings. The van der Waals surface area contributed by atoms with Gasteiger partial charge in [0.25, 0.3) is 0 Å². The fourth-order valence-corrected chi connectivity index (χ4v) is 2.48. The molecule has 1 aliphatic heterocycles. The van der Waals surface area contributed by atoms with E-state index in [0.717, 1.165) is 6.42 Å². The smallest absolute Gasteiger partial charge is 0.163 e. The van der Waals surface area contributed by atoms with Gasteiger partial charge in [0.1, 0.15) is 0 Å². The third-order valence-electron chi connectivity index (χ3n) is 3.62. The lowest BCUT2D eigenvalue weighted by Gasteiger charge is -2.40. The molecule has 4 nitrogen and oxygen atoms in total. The third-order valence-corrected chi connectivity index (χ3v) is 3.62. The Morgan fingerprint density at radius 1 is 1.33 bits per heavy atom. The molecular formula is C17H23NO3. The normalized spacial score (nSPS) is 24.4. The monoisotopic (exact) mass is 289 g/mol. The molecule has 0 unspecified atom stereocenters. The minimum atomic E-state index is -0.573. The average Bonchev–Trinajstić information content (AvgIpc) is 2.47. The molecule has 2 rings (SSSR count). The summed E-state index contributed by atoms with van der Waals surface area (Å²) < 4.78 is 17.3. The number of hydrogen-bond acceptors (Lipinski definition) is 4. The van der Waals surface area contributed by atoms with Gasteiger partial charge in [-0.3, -0.25) is 0 Å². The molecule has 0 bridgehead atoms. The van der Waals surface area contributed by atoms with Gasteiger partial charge in [0.05, 0.1) is 25.4 Å². The molecule has 2 atom stereocenters. The maximum Gasteiger partial charge on any atom is 0.163 e. The molecule has 0 amide bonds. The number of nitriles is 1. The van der Waals surface area contributed by atoms with Crippen LogP contribution in [0.2, 0.25) is 0 Å². The summed E-state index contributed by atoms with van der Waals surface area (Å²) in [4.78, 5) is 0. The number of hydrogen-bond donors (Lipinski definition) is 0. The largest absolute Gasteiger partial charge is 0.377 e. The van der Waals surface area contributed by atoms with Crippen LogP contribution in [0.15, 0.2) is 30.3 Å². The summed E-state index contributed by atoms with van der Waals surface area (Å²) >= 11 is 0. The van der Waals surface area contributed by atoms with Crippen molar-refractivity contribution in [1.82, 2.24) is 0 Å². The predicted octanol–water partition coefficient (Wildman–Crippen LogP) is 3.27. The summed E-state index contributed by atoms with van der Waals surface area (Å²) in [5.74, 6) is -0.445. The molecule has 1 heterocycles. The second kappa shape index (κ2) is 7.56. The molecule has 114 valence electrons. The first-order chi connectivity index (χ1) is 10.1. The summed E-state index contributed by atoms with van der Waals surface area (Å²) in [6.07, 6.45) is 1.26. The molecule has 4 heteroatoms. The van der Waals surface area contributed by atoms with E-state index in [1.54, 1.807) is 0 Å². The van der Waals surface area contributed by atoms with Gasteiger partial charge < -0.3 is 14.2 Å². The molecule has 0 radical (unpaired) electrons. The fourth-order valence-electron chi connectivity index (χ4n) is 2.48. The van der Waals surface area contributed by atoms with Crippen LogP contribution < -0.4 is 0 Å². The Labute approximate surface area is 126 Å². The van der Waals surface area contributed by atoms with E-state index in [2.05, 4.69) is 6.07 Å². The molecule has 1 fully saturated rings. The Balaban J connectivity index is 1.77. The molecule has 0 N–H and O–H groups in total. The van der Waals surface area contributed by atoms with Crippen LogP contribution >= 0.6 is 0 Å². The molecule has 1 aliphatic rings. The van der Waals surface area contributed by atoms with E-state index in [1.807, 2.05) is 44.2 Å². The quantitative estimate of drug-likeness (QED) is 0.754. The molecule has 0 spiro atoms. The predicted molar refractivity (Wildman–Crippen MR) is 79.3 cm³/mol. The van der Waals surface area contributed by atoms with Crippen LogP contribution in [-0.2, 0) is 20.8 Å². The van der Waals surface area contributed by atoms with E-state index in [1.165, 1.54) is 5.56 Å². The lowest BCUT2D eigenvalue weighted by Crippen LogP contribution is -2.45. The zero-order valence-corrected chi connectivity index (χ0v) is 12.7. The first-order valence-electron chi connectivity index (χ1n) is 7.41. The Bertz CT molecular complexity index is 467. The van der Waals surface area contributed by atoms with Gasteiger partial charge in [0.2, 0.25) is 0 Å². The number of benzene rings is 1. The summed E-state index contributed by atoms with van der Waals surface area (Å²) in [6.45, 7) is 5.62. The first-order valence-corrected chi connectivity index (χ1v) is 7.41. The van der Waals surface area contributed by atoms with Gasteiger partial charge in [0.15, 0.2) is 5.79 Å². The fraction of sp³-hybridized carbons (Fsp3) is 0.588. The van der Waals surface area contributed by atoms with Crippen LogP contribution in [0.3, 0.4) is 0 Å². The third kappa shape index (κ3) is 5.13. The van der Waals surface area contributed by atoms with E-state index < -0.39 is 5.79 Å². The molecule has 1 saturated heterocycles. The Hall–Kier alpha value is -1.41. The van der Waals surface area contributed by atoms with E-state index in [0.29, 0.717) is 26.2 Å². The second-order valence-corrected chi connectivity index (χ2v) is 5.82. The van der Waals surface area contributed by atoms with E-state index in [9.17, 15) is 0 Å². The highest BCUT2D eigenvalue weighted by Crippen LogP contribution is 2.29. The van der Waals surface area contributed by atoms with Gasteiger partial charge in [-0.15, -0.1) is 0 Å². The van der Waals surface area contributed by atoms with Crippen molar-refractivity contribution < 1.29 is 14.2 Å². The van der Waals surface area contributed by atoms with Crippen molar-refractivity contribution in [3.63, 3.8) is 0 Å². The molecule has 0 saturated carbocycles. The lowest BCUT2D eigenvalue weighted by molar-refractivity contribution is -0.294. The average molecular weight is 289 g/mol. The van der Waals surface area contributed by atoms with Gasteiger partial charge in [-0.05, 0) is 25.8 Å². The van der Waals surface area contributed by atoms with Crippen LogP contribution in [0, 0.1) is 17.2 Å². The number of ether oxygens (including phenoxy) is 3. The van der Waals surface area contributed by atoms with Crippen LogP contribution in [0.5, 0.6) is 0 Å². The van der Waals surface area contributed by atoms with Crippen molar-refractivity contribution >= 4 is 0 Å². The highest BCUT2D eigenvalue weighted by Gasteiger charge is 2.35. The van der Waals surface area contributed by atoms with E-state index >= 15 is 0 Å². The summed E-state index contributed by atoms with van der Waals surface area (Å²) in [5.41, 5.74) is 1.17. The van der Waals surface area contributed by atoms with Crippen molar-refractivity contribution in [1.29, 1.82) is 5.26 Å². The molecule has 0 aromatic heterocycles. The minimum Gasteiger partial charge on any atom is -0.377 e. The van der Waals surface area contributed by atoms with Crippen LogP contribution in [0.4, 0.5) is 0 Å². The van der Waals surface area contributed by atoms with Crippen LogP contribution in [0.25, 0.3) is 0 Å². The molecule has 0 aliphatic carbocycles. The topological polar surface area (TPSA) is 51.5 Å². The van der Waals surface area contributed by atoms with Gasteiger partial charge >= 0.3 is 0 Å². The Morgan fingerprint density at radius 3 is 2.81 bits per heavy atom. The van der Waals surface area contributed by atoms with Crippen molar-refractivity contribution in [2.24, 2.45) is 5.92 Å². The SMILES string of the molecule is CC1(C)OC[C@@H](CC#N)[C@@H](CCOCc2ccccc2)O1. The minimum absolute atomic E-state index is 0.0178. The van der Waals surface area contributed by atoms with Gasteiger partial charge in [-0.1, -0.05) is 30.3 Å². The maximum atomic E-state index is 8.89. The van der Waals surface area contributed by atoms with Crippen molar-refractivity contribution in [2.45, 2.75) is 45.2 Å². The summed E-state index contributed by atoms with van der Waals surface area (Å²) in [6, 6.07) is 12.3. The zero-order valence-electron chi connectivity index (χ0n) is 12.7. The highest BCUT2D eigenvalue weighted by atomic mass is 16.7. The first kappa shape index (κ1) is 16.0. The van der Waals surface area contributed by atoms with Crippen molar-refractivity contribution in [3.8, 4) is 6.07 Å². The van der Waals surface area contributed by atoms with E-state index in [4.69, 9.17) is 19.5 Å². The van der Waals surface area contributed by atoms with E-state index in [-0.39, 0.29) is 12.0 Å². The standard InChI is InChI=1S/C17H23NO3/c1-17(2)20-13-15(8-10-18)16(21-17)9-11-19-12-14-6-4-3-5-7-14/h3-7,15-16H,8-9,11-13H2,1-2H3/t15-,16-/m1/s1. The van der Waals surface area contributed by atoms with Crippen LogP contribution in [0.1, 0.15) is 32.3 Å². The Morgan fingerprint density at radius 2 is 2.10 bits per heavy atom. The van der Waals surface area contributed by atoms with Crippen LogP contribution in [-0.4, -0.2) is 25.1 Å². The van der Waals surface area contributed by atoms with Crippen molar-refractivity contribution in [2.75, 3.05) is 13.2 Å². The van der Waals surface area contributed by atoms with Gasteiger partial charge in [-0.2, -0.15) is 5.26 Å². The lowest BCUT2D eigenvalue weighted by atomic mass is 9.96. The highest BCUT2D eigenvalue weighted by molar-refractivity contribution is 5.13.